The lowest BCUT2D eigenvalue weighted by Crippen LogP contribution is -2.55. The minimum Gasteiger partial charge on any atom is -0.480 e. The van der Waals surface area contributed by atoms with Crippen molar-refractivity contribution < 1.29 is 29.4 Å². The van der Waals surface area contributed by atoms with Crippen molar-refractivity contribution in [2.45, 2.75) is 51.2 Å². The Bertz CT molecular complexity index is 622. The van der Waals surface area contributed by atoms with Gasteiger partial charge in [0.05, 0.1) is 19.2 Å². The zero-order valence-corrected chi connectivity index (χ0v) is 17.3. The van der Waals surface area contributed by atoms with E-state index in [-0.39, 0.29) is 18.3 Å². The second-order valence-electron chi connectivity index (χ2n) is 7.10. The molecule has 0 radical (unpaired) electrons. The molecule has 0 aliphatic heterocycles. The highest BCUT2D eigenvalue weighted by Crippen LogP contribution is 2.05. The monoisotopic (exact) mass is 431 g/mol. The molecule has 13 heteroatoms. The molecular formula is C17H33N7O6. The van der Waals surface area contributed by atoms with Crippen LogP contribution in [-0.2, 0) is 19.2 Å². The van der Waals surface area contributed by atoms with Gasteiger partial charge in [0.2, 0.25) is 17.7 Å². The average Bonchev–Trinajstić information content (AvgIpc) is 2.65. The van der Waals surface area contributed by atoms with Crippen molar-refractivity contribution >= 4 is 29.7 Å². The maximum atomic E-state index is 12.2. The van der Waals surface area contributed by atoms with Crippen molar-refractivity contribution in [3.63, 3.8) is 0 Å². The predicted molar refractivity (Wildman–Crippen MR) is 109 cm³/mol. The van der Waals surface area contributed by atoms with Crippen molar-refractivity contribution in [2.75, 3.05) is 19.7 Å². The summed E-state index contributed by atoms with van der Waals surface area (Å²) >= 11 is 0. The molecule has 0 bridgehead atoms. The Morgan fingerprint density at radius 3 is 2.17 bits per heavy atom. The van der Waals surface area contributed by atoms with E-state index in [0.717, 1.165) is 0 Å². The van der Waals surface area contributed by atoms with Crippen LogP contribution < -0.4 is 33.2 Å². The summed E-state index contributed by atoms with van der Waals surface area (Å²) in [6, 6.07) is -3.40. The van der Waals surface area contributed by atoms with E-state index in [4.69, 9.17) is 22.3 Å². The summed E-state index contributed by atoms with van der Waals surface area (Å²) in [5, 5.41) is 25.3. The third-order valence-corrected chi connectivity index (χ3v) is 3.88. The van der Waals surface area contributed by atoms with Gasteiger partial charge < -0.3 is 43.4 Å². The molecule has 0 aliphatic rings. The molecule has 0 spiro atoms. The summed E-state index contributed by atoms with van der Waals surface area (Å²) in [5.41, 5.74) is 16.1. The molecular weight excluding hydrogens is 398 g/mol. The van der Waals surface area contributed by atoms with E-state index >= 15 is 0 Å². The smallest absolute Gasteiger partial charge is 0.326 e. The molecule has 172 valence electrons. The number of nitrogens with zero attached hydrogens (tertiary/aromatic N) is 1. The van der Waals surface area contributed by atoms with Gasteiger partial charge in [-0.15, -0.1) is 0 Å². The van der Waals surface area contributed by atoms with E-state index in [1.165, 1.54) is 0 Å². The third kappa shape index (κ3) is 11.8. The van der Waals surface area contributed by atoms with E-state index in [2.05, 4.69) is 20.9 Å². The molecule has 0 aromatic heterocycles. The zero-order valence-electron chi connectivity index (χ0n) is 17.3. The lowest BCUT2D eigenvalue weighted by molar-refractivity contribution is -0.143. The van der Waals surface area contributed by atoms with Crippen LogP contribution in [0.4, 0.5) is 0 Å². The molecule has 0 rings (SSSR count). The van der Waals surface area contributed by atoms with Crippen LogP contribution in [0.5, 0.6) is 0 Å². The van der Waals surface area contributed by atoms with Crippen LogP contribution in [0.15, 0.2) is 4.99 Å². The van der Waals surface area contributed by atoms with Gasteiger partial charge in [-0.1, -0.05) is 13.8 Å². The van der Waals surface area contributed by atoms with Crippen molar-refractivity contribution in [2.24, 2.45) is 28.1 Å². The van der Waals surface area contributed by atoms with Crippen LogP contribution in [-0.4, -0.2) is 77.7 Å². The first-order chi connectivity index (χ1) is 14.0. The summed E-state index contributed by atoms with van der Waals surface area (Å²) in [6.07, 6.45) is 0.940. The number of carboxylic acids is 1. The number of aliphatic hydroxyl groups excluding tert-OH is 1. The number of hydrogen-bond donors (Lipinski definition) is 8. The van der Waals surface area contributed by atoms with Gasteiger partial charge in [0.15, 0.2) is 5.96 Å². The maximum absolute atomic E-state index is 12.2. The fourth-order valence-electron chi connectivity index (χ4n) is 2.35. The molecule has 3 amide bonds. The number of carbonyl (C=O) groups excluding carboxylic acids is 3. The molecule has 0 saturated heterocycles. The van der Waals surface area contributed by atoms with Gasteiger partial charge in [0, 0.05) is 6.54 Å². The minimum absolute atomic E-state index is 0.00690. The van der Waals surface area contributed by atoms with Gasteiger partial charge in [-0.3, -0.25) is 19.4 Å². The Morgan fingerprint density at radius 2 is 1.67 bits per heavy atom. The Kier molecular flexibility index (Phi) is 12.7. The fourth-order valence-corrected chi connectivity index (χ4v) is 2.35. The summed E-state index contributed by atoms with van der Waals surface area (Å²) in [5.74, 6) is -3.45. The molecule has 3 unspecified atom stereocenters. The number of nitrogens with two attached hydrogens (primary N) is 3. The molecule has 3 atom stereocenters. The van der Waals surface area contributed by atoms with Crippen LogP contribution >= 0.6 is 0 Å². The Balaban J connectivity index is 4.50. The van der Waals surface area contributed by atoms with Crippen molar-refractivity contribution in [1.82, 2.24) is 16.0 Å². The van der Waals surface area contributed by atoms with Crippen LogP contribution in [0.3, 0.4) is 0 Å². The standard InChI is InChI=1S/C17H33N7O6/c1-9(2)6-11(16(29)30)24-15(28)12(8-25)23-13(26)7-22-14(27)10(18)4-3-5-21-17(19)20/h9-12,25H,3-8,18H2,1-2H3,(H,22,27)(H,23,26)(H,24,28)(H,29,30)(H4,19,20,21). The summed E-state index contributed by atoms with van der Waals surface area (Å²) in [6.45, 7) is 2.68. The normalized spacial score (nSPS) is 13.6. The second kappa shape index (κ2) is 14.1. The molecule has 0 fully saturated rings. The van der Waals surface area contributed by atoms with Crippen LogP contribution in [0.25, 0.3) is 0 Å². The number of rotatable bonds is 14. The fraction of sp³-hybridized carbons (Fsp3) is 0.706. The predicted octanol–water partition coefficient (Wildman–Crippen LogP) is -3.42. The number of carbonyl (C=O) groups is 4. The van der Waals surface area contributed by atoms with Crippen molar-refractivity contribution in [1.29, 1.82) is 0 Å². The zero-order chi connectivity index (χ0) is 23.3. The van der Waals surface area contributed by atoms with Gasteiger partial charge in [-0.2, -0.15) is 0 Å². The molecule has 0 aromatic rings. The van der Waals surface area contributed by atoms with Gasteiger partial charge >= 0.3 is 5.97 Å². The molecule has 30 heavy (non-hydrogen) atoms. The summed E-state index contributed by atoms with van der Waals surface area (Å²) < 4.78 is 0. The van der Waals surface area contributed by atoms with E-state index in [1.54, 1.807) is 13.8 Å². The average molecular weight is 431 g/mol. The topological polar surface area (TPSA) is 235 Å². The van der Waals surface area contributed by atoms with Gasteiger partial charge in [0.25, 0.3) is 0 Å². The first-order valence-electron chi connectivity index (χ1n) is 9.50. The number of guanidine groups is 1. The van der Waals surface area contributed by atoms with Crippen LogP contribution in [0, 0.1) is 5.92 Å². The molecule has 11 N–H and O–H groups in total. The van der Waals surface area contributed by atoms with Crippen molar-refractivity contribution in [3.05, 3.63) is 0 Å². The van der Waals surface area contributed by atoms with E-state index in [0.29, 0.717) is 19.4 Å². The third-order valence-electron chi connectivity index (χ3n) is 3.88. The number of amides is 3. The minimum atomic E-state index is -1.36. The highest BCUT2D eigenvalue weighted by Gasteiger charge is 2.26. The Labute approximate surface area is 174 Å². The number of aliphatic hydroxyl groups is 1. The first kappa shape index (κ1) is 27.1. The van der Waals surface area contributed by atoms with E-state index in [1.807, 2.05) is 0 Å². The summed E-state index contributed by atoms with van der Waals surface area (Å²) in [4.78, 5) is 51.0. The molecule has 0 aromatic carbocycles. The van der Waals surface area contributed by atoms with Crippen molar-refractivity contribution in [3.8, 4) is 0 Å². The number of hydrogen-bond acceptors (Lipinski definition) is 7. The Morgan fingerprint density at radius 1 is 1.03 bits per heavy atom. The van der Waals surface area contributed by atoms with Gasteiger partial charge in [-0.05, 0) is 25.2 Å². The number of carboxylic acid groups (broad SMARTS) is 1. The molecule has 13 nitrogen and oxygen atoms in total. The number of aliphatic imine (C=N–C) groups is 1. The maximum Gasteiger partial charge on any atom is 0.326 e. The summed E-state index contributed by atoms with van der Waals surface area (Å²) in [7, 11) is 0. The first-order valence-corrected chi connectivity index (χ1v) is 9.50. The quantitative estimate of drug-likeness (QED) is 0.0775. The van der Waals surface area contributed by atoms with Crippen LogP contribution in [0.2, 0.25) is 0 Å². The van der Waals surface area contributed by atoms with Crippen LogP contribution in [0.1, 0.15) is 33.1 Å². The largest absolute Gasteiger partial charge is 0.480 e. The highest BCUT2D eigenvalue weighted by molar-refractivity contribution is 5.92. The van der Waals surface area contributed by atoms with E-state index < -0.39 is 55.0 Å². The highest BCUT2D eigenvalue weighted by atomic mass is 16.4. The number of nitrogens with one attached hydrogen (secondary N) is 3. The SMILES string of the molecule is CC(C)CC(NC(=O)C(CO)NC(=O)CNC(=O)C(N)CCCN=C(N)N)C(=O)O. The van der Waals surface area contributed by atoms with E-state index in [9.17, 15) is 24.3 Å². The second-order valence-corrected chi connectivity index (χ2v) is 7.10. The molecule has 0 heterocycles. The van der Waals surface area contributed by atoms with Gasteiger partial charge in [-0.25, -0.2) is 4.79 Å². The molecule has 0 saturated carbocycles. The molecule has 0 aliphatic carbocycles. The Hall–Kier alpha value is -2.93. The van der Waals surface area contributed by atoms with Gasteiger partial charge in [0.1, 0.15) is 12.1 Å². The number of aliphatic carboxylic acids is 1. The lowest BCUT2D eigenvalue weighted by Gasteiger charge is -2.21. The lowest BCUT2D eigenvalue weighted by atomic mass is 10.0.